The molecule has 0 bridgehead atoms. The van der Waals surface area contributed by atoms with E-state index in [-0.39, 0.29) is 0 Å². The fourth-order valence-electron chi connectivity index (χ4n) is 2.14. The van der Waals surface area contributed by atoms with Gasteiger partial charge >= 0.3 is 0 Å². The van der Waals surface area contributed by atoms with Crippen LogP contribution in [0.1, 0.15) is 11.1 Å². The first kappa shape index (κ1) is 18.5. The summed E-state index contributed by atoms with van der Waals surface area (Å²) in [7, 11) is 4.69. The van der Waals surface area contributed by atoms with Crippen LogP contribution in [0.3, 0.4) is 0 Å². The molecule has 2 N–H and O–H groups in total. The first-order valence-electron chi connectivity index (χ1n) is 7.54. The maximum Gasteiger partial charge on any atom is 0.203 e. The highest BCUT2D eigenvalue weighted by molar-refractivity contribution is 7.80. The van der Waals surface area contributed by atoms with E-state index >= 15 is 0 Å². The van der Waals surface area contributed by atoms with Crippen molar-refractivity contribution < 1.29 is 14.2 Å². The minimum atomic E-state index is 0.396. The Morgan fingerprint density at radius 1 is 1.00 bits per heavy atom. The molecule has 2 aromatic carbocycles. The van der Waals surface area contributed by atoms with Gasteiger partial charge in [0.15, 0.2) is 16.6 Å². The molecule has 25 heavy (non-hydrogen) atoms. The molecule has 0 atom stereocenters. The van der Waals surface area contributed by atoms with Crippen LogP contribution >= 0.6 is 12.2 Å². The number of anilines is 1. The topological polar surface area (TPSA) is 64.1 Å². The summed E-state index contributed by atoms with van der Waals surface area (Å²) < 4.78 is 15.9. The number of hydrogen-bond acceptors (Lipinski definition) is 5. The van der Waals surface area contributed by atoms with E-state index in [2.05, 4.69) is 15.8 Å². The summed E-state index contributed by atoms with van der Waals surface area (Å²) in [4.78, 5) is 0. The van der Waals surface area contributed by atoms with E-state index in [9.17, 15) is 0 Å². The maximum atomic E-state index is 5.31. The molecule has 0 heterocycles. The lowest BCUT2D eigenvalue weighted by atomic mass is 10.2. The van der Waals surface area contributed by atoms with Crippen molar-refractivity contribution in [1.29, 1.82) is 0 Å². The van der Waals surface area contributed by atoms with Gasteiger partial charge in [0.2, 0.25) is 5.75 Å². The van der Waals surface area contributed by atoms with Crippen LogP contribution in [0.25, 0.3) is 0 Å². The lowest BCUT2D eigenvalue weighted by Crippen LogP contribution is -2.23. The number of aryl methyl sites for hydroxylation is 1. The van der Waals surface area contributed by atoms with E-state index in [1.807, 2.05) is 31.2 Å². The molecule has 0 aliphatic rings. The smallest absolute Gasteiger partial charge is 0.203 e. The number of benzene rings is 2. The zero-order valence-corrected chi connectivity index (χ0v) is 15.4. The fraction of sp³-hybridized carbons (Fsp3) is 0.222. The van der Waals surface area contributed by atoms with E-state index in [1.165, 1.54) is 5.56 Å². The number of nitrogens with zero attached hydrogens (tertiary/aromatic N) is 1. The largest absolute Gasteiger partial charge is 0.493 e. The zero-order chi connectivity index (χ0) is 18.2. The molecule has 0 aromatic heterocycles. The minimum Gasteiger partial charge on any atom is -0.493 e. The van der Waals surface area contributed by atoms with Gasteiger partial charge in [0, 0.05) is 11.3 Å². The number of thiocarbonyl (C=S) groups is 1. The average molecular weight is 359 g/mol. The predicted molar refractivity (Wildman–Crippen MR) is 104 cm³/mol. The summed E-state index contributed by atoms with van der Waals surface area (Å²) in [5.41, 5.74) is 5.63. The highest BCUT2D eigenvalue weighted by Gasteiger charge is 2.12. The van der Waals surface area contributed by atoms with Gasteiger partial charge in [-0.3, -0.25) is 5.43 Å². The van der Waals surface area contributed by atoms with Gasteiger partial charge in [0.05, 0.1) is 27.5 Å². The van der Waals surface area contributed by atoms with Crippen molar-refractivity contribution in [2.24, 2.45) is 5.10 Å². The Balaban J connectivity index is 2.03. The van der Waals surface area contributed by atoms with Gasteiger partial charge in [-0.2, -0.15) is 5.10 Å². The molecule has 0 fully saturated rings. The monoisotopic (exact) mass is 359 g/mol. The normalized spacial score (nSPS) is 10.4. The molecule has 0 radical (unpaired) electrons. The molecule has 132 valence electrons. The molecule has 0 amide bonds. The second-order valence-electron chi connectivity index (χ2n) is 5.15. The SMILES string of the molecule is COc1cc(/C=N/NC(=S)Nc2ccc(C)cc2)cc(OC)c1OC. The lowest BCUT2D eigenvalue weighted by molar-refractivity contribution is 0.324. The standard InChI is InChI=1S/C18H21N3O3S/c1-12-5-7-14(8-6-12)20-18(25)21-19-11-13-9-15(22-2)17(24-4)16(10-13)23-3/h5-11H,1-4H3,(H2,20,21,25)/b19-11+. The third kappa shape index (κ3) is 5.09. The van der Waals surface area contributed by atoms with Crippen LogP contribution in [0.15, 0.2) is 41.5 Å². The Morgan fingerprint density at radius 3 is 2.12 bits per heavy atom. The molecule has 2 rings (SSSR count). The number of hydrazone groups is 1. The predicted octanol–water partition coefficient (Wildman–Crippen LogP) is 3.34. The molecular weight excluding hydrogens is 338 g/mol. The van der Waals surface area contributed by atoms with E-state index < -0.39 is 0 Å². The van der Waals surface area contributed by atoms with Crippen molar-refractivity contribution in [2.45, 2.75) is 6.92 Å². The van der Waals surface area contributed by atoms with Crippen LogP contribution in [-0.4, -0.2) is 32.7 Å². The number of methoxy groups -OCH3 is 3. The molecule has 6 nitrogen and oxygen atoms in total. The Morgan fingerprint density at radius 2 is 1.60 bits per heavy atom. The van der Waals surface area contributed by atoms with E-state index in [0.717, 1.165) is 11.3 Å². The lowest BCUT2D eigenvalue weighted by Gasteiger charge is -2.12. The van der Waals surface area contributed by atoms with Gasteiger partial charge in [0.25, 0.3) is 0 Å². The van der Waals surface area contributed by atoms with Crippen molar-refractivity contribution >= 4 is 29.2 Å². The van der Waals surface area contributed by atoms with Crippen LogP contribution in [0.4, 0.5) is 5.69 Å². The molecule has 0 saturated carbocycles. The summed E-state index contributed by atoms with van der Waals surface area (Å²) in [6.45, 7) is 2.03. The highest BCUT2D eigenvalue weighted by atomic mass is 32.1. The molecule has 0 saturated heterocycles. The zero-order valence-electron chi connectivity index (χ0n) is 14.6. The van der Waals surface area contributed by atoms with Gasteiger partial charge in [-0.1, -0.05) is 17.7 Å². The van der Waals surface area contributed by atoms with Gasteiger partial charge in [0.1, 0.15) is 0 Å². The summed E-state index contributed by atoms with van der Waals surface area (Å²) in [6.07, 6.45) is 1.62. The molecule has 0 aliphatic carbocycles. The summed E-state index contributed by atoms with van der Waals surface area (Å²) in [6, 6.07) is 11.5. The molecule has 0 aliphatic heterocycles. The minimum absolute atomic E-state index is 0.396. The first-order chi connectivity index (χ1) is 12.1. The number of rotatable bonds is 6. The first-order valence-corrected chi connectivity index (χ1v) is 7.95. The third-order valence-electron chi connectivity index (χ3n) is 3.38. The number of nitrogens with one attached hydrogen (secondary N) is 2. The van der Waals surface area contributed by atoms with Gasteiger partial charge in [-0.25, -0.2) is 0 Å². The summed E-state index contributed by atoms with van der Waals surface area (Å²) in [5, 5.41) is 7.58. The second kappa shape index (κ2) is 8.89. The Labute approximate surface area is 152 Å². The number of ether oxygens (including phenoxy) is 3. The molecule has 0 spiro atoms. The van der Waals surface area contributed by atoms with E-state index in [1.54, 1.807) is 39.7 Å². The molecule has 2 aromatic rings. The Kier molecular flexibility index (Phi) is 6.59. The maximum absolute atomic E-state index is 5.31. The van der Waals surface area contributed by atoms with E-state index in [0.29, 0.717) is 22.4 Å². The summed E-state index contributed by atoms with van der Waals surface area (Å²) >= 11 is 5.22. The third-order valence-corrected chi connectivity index (χ3v) is 3.57. The van der Waals surface area contributed by atoms with Gasteiger partial charge in [-0.15, -0.1) is 0 Å². The summed E-state index contributed by atoms with van der Waals surface area (Å²) in [5.74, 6) is 1.65. The molecule has 0 unspecified atom stereocenters. The average Bonchev–Trinajstić information content (AvgIpc) is 2.62. The van der Waals surface area contributed by atoms with Crippen LogP contribution in [0, 0.1) is 6.92 Å². The molecule has 7 heteroatoms. The fourth-order valence-corrected chi connectivity index (χ4v) is 2.31. The Hall–Kier alpha value is -2.80. The highest BCUT2D eigenvalue weighted by Crippen LogP contribution is 2.37. The quantitative estimate of drug-likeness (QED) is 0.469. The van der Waals surface area contributed by atoms with E-state index in [4.69, 9.17) is 26.4 Å². The van der Waals surface area contributed by atoms with Crippen molar-refractivity contribution in [3.8, 4) is 17.2 Å². The van der Waals surface area contributed by atoms with Crippen molar-refractivity contribution in [2.75, 3.05) is 26.6 Å². The molecular formula is C18H21N3O3S. The Bertz CT molecular complexity index is 736. The van der Waals surface area contributed by atoms with Crippen LogP contribution in [0.2, 0.25) is 0 Å². The van der Waals surface area contributed by atoms with Gasteiger partial charge in [-0.05, 0) is 43.4 Å². The van der Waals surface area contributed by atoms with Crippen molar-refractivity contribution in [1.82, 2.24) is 5.43 Å². The van der Waals surface area contributed by atoms with Crippen LogP contribution in [-0.2, 0) is 0 Å². The van der Waals surface area contributed by atoms with Crippen molar-refractivity contribution in [3.05, 3.63) is 47.5 Å². The number of hydrogen-bond donors (Lipinski definition) is 2. The van der Waals surface area contributed by atoms with Crippen LogP contribution < -0.4 is 25.0 Å². The van der Waals surface area contributed by atoms with Gasteiger partial charge < -0.3 is 19.5 Å². The van der Waals surface area contributed by atoms with Crippen molar-refractivity contribution in [3.63, 3.8) is 0 Å². The second-order valence-corrected chi connectivity index (χ2v) is 5.56. The van der Waals surface area contributed by atoms with Crippen LogP contribution in [0.5, 0.6) is 17.2 Å².